The van der Waals surface area contributed by atoms with Gasteiger partial charge in [0, 0.05) is 55.6 Å². The van der Waals surface area contributed by atoms with Crippen molar-refractivity contribution in [2.24, 2.45) is 0 Å². The molecule has 2 aromatic heterocycles. The van der Waals surface area contributed by atoms with Crippen LogP contribution in [0.3, 0.4) is 0 Å². The first kappa shape index (κ1) is 21.7. The van der Waals surface area contributed by atoms with Gasteiger partial charge in [-0.1, -0.05) is 25.7 Å². The summed E-state index contributed by atoms with van der Waals surface area (Å²) in [4.78, 5) is 4.59. The van der Waals surface area contributed by atoms with Crippen LogP contribution in [0.1, 0.15) is 12.0 Å². The first-order valence-corrected chi connectivity index (χ1v) is 15.8. The van der Waals surface area contributed by atoms with E-state index in [0.29, 0.717) is 26.2 Å². The molecule has 9 heteroatoms. The normalized spacial score (nSPS) is 16.5. The molecular formula is C19H28BrN3O3SSi. The van der Waals surface area contributed by atoms with Crippen molar-refractivity contribution in [3.05, 3.63) is 34.6 Å². The van der Waals surface area contributed by atoms with Crippen LogP contribution >= 0.6 is 15.9 Å². The van der Waals surface area contributed by atoms with Crippen LogP contribution < -0.4 is 0 Å². The maximum atomic E-state index is 11.8. The Morgan fingerprint density at radius 2 is 2.07 bits per heavy atom. The van der Waals surface area contributed by atoms with E-state index < -0.39 is 18.1 Å². The molecule has 0 saturated heterocycles. The van der Waals surface area contributed by atoms with Crippen LogP contribution in [0.15, 0.2) is 29.0 Å². The van der Waals surface area contributed by atoms with Crippen LogP contribution in [0.2, 0.25) is 25.7 Å². The zero-order chi connectivity index (χ0) is 20.5. The number of hydrogen-bond donors (Lipinski definition) is 0. The van der Waals surface area contributed by atoms with Crippen molar-refractivity contribution >= 4 is 50.6 Å². The first-order chi connectivity index (χ1) is 13.0. The van der Waals surface area contributed by atoms with E-state index in [4.69, 9.17) is 4.74 Å². The topological polar surface area (TPSA) is 64.4 Å². The van der Waals surface area contributed by atoms with Gasteiger partial charge < -0.3 is 9.30 Å². The van der Waals surface area contributed by atoms with Gasteiger partial charge in [-0.05, 0) is 40.0 Å². The third-order valence-electron chi connectivity index (χ3n) is 4.89. The number of sulfonamides is 1. The molecule has 0 N–H and O–H groups in total. The molecule has 1 aliphatic heterocycles. The van der Waals surface area contributed by atoms with Gasteiger partial charge in [0.1, 0.15) is 12.4 Å². The summed E-state index contributed by atoms with van der Waals surface area (Å²) >= 11 is 3.52. The Bertz CT molecular complexity index is 996. The lowest BCUT2D eigenvalue weighted by atomic mass is 10.0. The van der Waals surface area contributed by atoms with Gasteiger partial charge >= 0.3 is 0 Å². The molecule has 0 unspecified atom stereocenters. The van der Waals surface area contributed by atoms with E-state index >= 15 is 0 Å². The number of rotatable bonds is 7. The number of hydrogen-bond acceptors (Lipinski definition) is 4. The molecule has 0 bridgehead atoms. The van der Waals surface area contributed by atoms with Crippen LogP contribution in [0.5, 0.6) is 0 Å². The SMILES string of the molecule is C[Si](C)(C)CCOCn1cc(C2=CCN(S(C)(=O)=O)CC2)c2cc(Br)cnc21. The second-order valence-corrected chi connectivity index (χ2v) is 17.0. The minimum Gasteiger partial charge on any atom is -0.361 e. The molecule has 2 aromatic rings. The number of fused-ring (bicyclic) bond motifs is 1. The Labute approximate surface area is 176 Å². The van der Waals surface area contributed by atoms with Gasteiger partial charge in [0.05, 0.1) is 6.26 Å². The van der Waals surface area contributed by atoms with Crippen LogP contribution in [0.4, 0.5) is 0 Å². The third kappa shape index (κ3) is 5.32. The summed E-state index contributed by atoms with van der Waals surface area (Å²) in [6.07, 6.45) is 7.84. The zero-order valence-corrected chi connectivity index (χ0v) is 20.3. The highest BCUT2D eigenvalue weighted by Gasteiger charge is 2.22. The van der Waals surface area contributed by atoms with E-state index in [1.807, 2.05) is 10.6 Å². The second-order valence-electron chi connectivity index (χ2n) is 8.49. The zero-order valence-electron chi connectivity index (χ0n) is 16.9. The molecule has 154 valence electrons. The number of ether oxygens (including phenoxy) is 1. The molecule has 3 heterocycles. The lowest BCUT2D eigenvalue weighted by Crippen LogP contribution is -2.33. The summed E-state index contributed by atoms with van der Waals surface area (Å²) in [6.45, 7) is 9.17. The van der Waals surface area contributed by atoms with E-state index in [2.05, 4.69) is 52.8 Å². The van der Waals surface area contributed by atoms with Crippen molar-refractivity contribution in [3.63, 3.8) is 0 Å². The molecule has 0 atom stereocenters. The molecule has 6 nitrogen and oxygen atoms in total. The lowest BCUT2D eigenvalue weighted by molar-refractivity contribution is 0.0898. The van der Waals surface area contributed by atoms with E-state index in [-0.39, 0.29) is 0 Å². The smallest absolute Gasteiger partial charge is 0.211 e. The molecule has 0 radical (unpaired) electrons. The number of halogens is 1. The van der Waals surface area contributed by atoms with Crippen molar-refractivity contribution in [2.45, 2.75) is 38.8 Å². The number of nitrogens with zero attached hydrogens (tertiary/aromatic N) is 3. The maximum absolute atomic E-state index is 11.8. The van der Waals surface area contributed by atoms with Gasteiger partial charge in [0.25, 0.3) is 0 Å². The fourth-order valence-electron chi connectivity index (χ4n) is 3.24. The van der Waals surface area contributed by atoms with Crippen molar-refractivity contribution in [1.29, 1.82) is 0 Å². The van der Waals surface area contributed by atoms with Gasteiger partial charge in [-0.25, -0.2) is 13.4 Å². The average Bonchev–Trinajstić information content (AvgIpc) is 2.95. The molecule has 0 fully saturated rings. The van der Waals surface area contributed by atoms with E-state index in [1.54, 1.807) is 6.20 Å². The molecule has 3 rings (SSSR count). The quantitative estimate of drug-likeness (QED) is 0.436. The van der Waals surface area contributed by atoms with Crippen molar-refractivity contribution in [2.75, 3.05) is 26.0 Å². The number of aromatic nitrogens is 2. The average molecular weight is 487 g/mol. The standard InChI is InChI=1S/C19H28BrN3O3SSi/c1-27(24,25)23-7-5-15(6-8-23)18-13-22(14-26-9-10-28(2,3)4)19-17(18)11-16(20)12-21-19/h5,11-13H,6-10,14H2,1-4H3. The van der Waals surface area contributed by atoms with Gasteiger partial charge in [0.2, 0.25) is 10.0 Å². The van der Waals surface area contributed by atoms with E-state index in [1.165, 1.54) is 10.6 Å². The molecule has 0 spiro atoms. The minimum atomic E-state index is -3.16. The Hall–Kier alpha value is -1.00. The summed E-state index contributed by atoms with van der Waals surface area (Å²) in [5.41, 5.74) is 3.15. The third-order valence-corrected chi connectivity index (χ3v) is 8.30. The van der Waals surface area contributed by atoms with Crippen LogP contribution in [-0.2, 0) is 21.5 Å². The van der Waals surface area contributed by atoms with Crippen molar-refractivity contribution in [3.8, 4) is 0 Å². The highest BCUT2D eigenvalue weighted by atomic mass is 79.9. The fraction of sp³-hybridized carbons (Fsp3) is 0.526. The summed E-state index contributed by atoms with van der Waals surface area (Å²) in [6, 6.07) is 3.20. The largest absolute Gasteiger partial charge is 0.361 e. The Balaban J connectivity index is 1.85. The Morgan fingerprint density at radius 3 is 2.68 bits per heavy atom. The highest BCUT2D eigenvalue weighted by molar-refractivity contribution is 9.10. The van der Waals surface area contributed by atoms with Gasteiger partial charge in [-0.15, -0.1) is 0 Å². The fourth-order valence-corrected chi connectivity index (χ4v) is 5.09. The Morgan fingerprint density at radius 1 is 1.32 bits per heavy atom. The summed E-state index contributed by atoms with van der Waals surface area (Å²) in [7, 11) is -4.27. The molecule has 0 aromatic carbocycles. The lowest BCUT2D eigenvalue weighted by Gasteiger charge is -2.24. The van der Waals surface area contributed by atoms with Crippen LogP contribution in [0, 0.1) is 0 Å². The van der Waals surface area contributed by atoms with Gasteiger partial charge in [0.15, 0.2) is 0 Å². The van der Waals surface area contributed by atoms with Crippen LogP contribution in [0.25, 0.3) is 16.6 Å². The number of pyridine rings is 1. The predicted octanol–water partition coefficient (Wildman–Crippen LogP) is 4.16. The molecule has 0 saturated carbocycles. The monoisotopic (exact) mass is 485 g/mol. The van der Waals surface area contributed by atoms with Gasteiger partial charge in [-0.3, -0.25) is 0 Å². The van der Waals surface area contributed by atoms with Gasteiger partial charge in [-0.2, -0.15) is 4.31 Å². The maximum Gasteiger partial charge on any atom is 0.211 e. The summed E-state index contributed by atoms with van der Waals surface area (Å²) in [5, 5.41) is 1.06. The van der Waals surface area contributed by atoms with E-state index in [9.17, 15) is 8.42 Å². The first-order valence-electron chi connectivity index (χ1n) is 9.41. The van der Waals surface area contributed by atoms with Crippen molar-refractivity contribution < 1.29 is 13.2 Å². The highest BCUT2D eigenvalue weighted by Crippen LogP contribution is 2.32. The molecule has 0 amide bonds. The predicted molar refractivity (Wildman–Crippen MR) is 121 cm³/mol. The second kappa shape index (κ2) is 8.39. The molecular weight excluding hydrogens is 458 g/mol. The molecule has 1 aliphatic rings. The summed E-state index contributed by atoms with van der Waals surface area (Å²) < 4.78 is 34.0. The van der Waals surface area contributed by atoms with Crippen LogP contribution in [-0.4, -0.2) is 56.3 Å². The molecule has 28 heavy (non-hydrogen) atoms. The summed E-state index contributed by atoms with van der Waals surface area (Å²) in [5.74, 6) is 0. The minimum absolute atomic E-state index is 0.412. The Kier molecular flexibility index (Phi) is 6.50. The van der Waals surface area contributed by atoms with E-state index in [0.717, 1.165) is 39.3 Å². The van der Waals surface area contributed by atoms with Crippen molar-refractivity contribution in [1.82, 2.24) is 13.9 Å². The molecule has 0 aliphatic carbocycles.